The molecule has 18 heavy (non-hydrogen) atoms. The van der Waals surface area contributed by atoms with Gasteiger partial charge < -0.3 is 0 Å². The number of benzene rings is 1. The molecule has 0 radical (unpaired) electrons. The van der Waals surface area contributed by atoms with Gasteiger partial charge >= 0.3 is 6.18 Å². The maximum Gasteiger partial charge on any atom is 0.432 e. The molecule has 0 bridgehead atoms. The fourth-order valence-corrected chi connectivity index (χ4v) is 2.88. The minimum atomic E-state index is -4.72. The van der Waals surface area contributed by atoms with E-state index in [1.807, 2.05) is 0 Å². The second-order valence-electron chi connectivity index (χ2n) is 3.51. The molecular weight excluding hydrogens is 267 g/mol. The van der Waals surface area contributed by atoms with Crippen molar-refractivity contribution in [2.45, 2.75) is 11.1 Å². The molecule has 1 aromatic heterocycles. The highest BCUT2D eigenvalue weighted by atomic mass is 32.2. The molecule has 0 saturated carbocycles. The molecule has 0 aliphatic rings. The largest absolute Gasteiger partial charge is 0.432 e. The summed E-state index contributed by atoms with van der Waals surface area (Å²) in [6.45, 7) is 0. The summed E-state index contributed by atoms with van der Waals surface area (Å²) < 4.78 is 62.2. The van der Waals surface area contributed by atoms with Crippen molar-refractivity contribution >= 4 is 10.0 Å². The van der Waals surface area contributed by atoms with Crippen molar-refractivity contribution in [3.63, 3.8) is 0 Å². The number of aromatic nitrogens is 1. The second-order valence-corrected chi connectivity index (χ2v) is 5.32. The summed E-state index contributed by atoms with van der Waals surface area (Å²) in [7, 11) is -4.21. The highest BCUT2D eigenvalue weighted by molar-refractivity contribution is 7.90. The number of halogens is 3. The van der Waals surface area contributed by atoms with Gasteiger partial charge in [-0.15, -0.1) is 0 Å². The molecule has 0 N–H and O–H groups in total. The minimum Gasteiger partial charge on any atom is -0.237 e. The Bertz CT molecular complexity index is 644. The van der Waals surface area contributed by atoms with Crippen LogP contribution in [0.5, 0.6) is 0 Å². The van der Waals surface area contributed by atoms with Crippen LogP contribution in [0.3, 0.4) is 0 Å². The Kier molecular flexibility index (Phi) is 2.94. The van der Waals surface area contributed by atoms with E-state index in [1.54, 1.807) is 6.07 Å². The molecular formula is C11H8F3NO2S. The molecule has 1 aromatic carbocycles. The number of alkyl halides is 3. The van der Waals surface area contributed by atoms with Crippen LogP contribution in [0, 0.1) is 0 Å². The van der Waals surface area contributed by atoms with Crippen LogP contribution in [-0.4, -0.2) is 12.4 Å². The summed E-state index contributed by atoms with van der Waals surface area (Å²) in [6.07, 6.45) is -3.84. The molecule has 1 heterocycles. The van der Waals surface area contributed by atoms with Gasteiger partial charge in [-0.3, -0.25) is 0 Å². The molecule has 7 heteroatoms. The average Bonchev–Trinajstić information content (AvgIpc) is 2.79. The highest BCUT2D eigenvalue weighted by Gasteiger charge is 2.37. The monoisotopic (exact) mass is 275 g/mol. The smallest absolute Gasteiger partial charge is 0.237 e. The lowest BCUT2D eigenvalue weighted by molar-refractivity contribution is -0.141. The Morgan fingerprint density at radius 3 is 2.11 bits per heavy atom. The SMILES string of the molecule is O=S(=O)(c1ccccc1)n1cccc1C(F)(F)F. The molecule has 0 amide bonds. The van der Waals surface area contributed by atoms with E-state index in [9.17, 15) is 21.6 Å². The van der Waals surface area contributed by atoms with E-state index in [1.165, 1.54) is 24.3 Å². The summed E-state index contributed by atoms with van der Waals surface area (Å²) in [5.41, 5.74) is -1.22. The van der Waals surface area contributed by atoms with Gasteiger partial charge in [0.05, 0.1) is 4.90 Å². The molecule has 96 valence electrons. The molecule has 0 aliphatic carbocycles. The molecule has 2 rings (SSSR count). The van der Waals surface area contributed by atoms with Gasteiger partial charge in [-0.05, 0) is 24.3 Å². The summed E-state index contributed by atoms with van der Waals surface area (Å²) >= 11 is 0. The first kappa shape index (κ1) is 12.7. The van der Waals surface area contributed by atoms with E-state index in [0.29, 0.717) is 0 Å². The van der Waals surface area contributed by atoms with Crippen molar-refractivity contribution in [2.24, 2.45) is 0 Å². The third-order valence-corrected chi connectivity index (χ3v) is 4.01. The van der Waals surface area contributed by atoms with Crippen LogP contribution in [0.4, 0.5) is 13.2 Å². The van der Waals surface area contributed by atoms with Gasteiger partial charge in [-0.25, -0.2) is 12.4 Å². The van der Waals surface area contributed by atoms with E-state index in [0.717, 1.165) is 18.3 Å². The Morgan fingerprint density at radius 1 is 0.944 bits per heavy atom. The van der Waals surface area contributed by atoms with E-state index in [-0.39, 0.29) is 8.87 Å². The molecule has 0 unspecified atom stereocenters. The van der Waals surface area contributed by atoms with Crippen LogP contribution >= 0.6 is 0 Å². The average molecular weight is 275 g/mol. The van der Waals surface area contributed by atoms with Crippen molar-refractivity contribution in [2.75, 3.05) is 0 Å². The Balaban J connectivity index is 2.60. The molecule has 0 aliphatic heterocycles. The van der Waals surface area contributed by atoms with E-state index in [2.05, 4.69) is 0 Å². The fraction of sp³-hybridized carbons (Fsp3) is 0.0909. The van der Waals surface area contributed by atoms with Crippen molar-refractivity contribution in [3.05, 3.63) is 54.4 Å². The first-order chi connectivity index (χ1) is 8.33. The molecule has 2 aromatic rings. The third kappa shape index (κ3) is 2.13. The first-order valence-corrected chi connectivity index (χ1v) is 6.32. The zero-order valence-electron chi connectivity index (χ0n) is 8.92. The number of nitrogens with zero attached hydrogens (tertiary/aromatic N) is 1. The van der Waals surface area contributed by atoms with E-state index in [4.69, 9.17) is 0 Å². The highest BCUT2D eigenvalue weighted by Crippen LogP contribution is 2.31. The first-order valence-electron chi connectivity index (χ1n) is 4.88. The minimum absolute atomic E-state index is 0.188. The number of hydrogen-bond donors (Lipinski definition) is 0. The Morgan fingerprint density at radius 2 is 1.56 bits per heavy atom. The summed E-state index contributed by atoms with van der Waals surface area (Å²) in [5.74, 6) is 0. The molecule has 0 spiro atoms. The van der Waals surface area contributed by atoms with Crippen LogP contribution in [0.2, 0.25) is 0 Å². The van der Waals surface area contributed by atoms with Crippen molar-refractivity contribution in [3.8, 4) is 0 Å². The Hall–Kier alpha value is -1.76. The topological polar surface area (TPSA) is 39.1 Å². The maximum atomic E-state index is 12.6. The van der Waals surface area contributed by atoms with Crippen LogP contribution in [-0.2, 0) is 16.2 Å². The van der Waals surface area contributed by atoms with Gasteiger partial charge in [0.25, 0.3) is 10.0 Å². The van der Waals surface area contributed by atoms with E-state index < -0.39 is 21.9 Å². The van der Waals surface area contributed by atoms with Gasteiger partial charge in [0.1, 0.15) is 5.69 Å². The van der Waals surface area contributed by atoms with Gasteiger partial charge in [0, 0.05) is 6.20 Å². The van der Waals surface area contributed by atoms with Crippen LogP contribution < -0.4 is 0 Å². The standard InChI is InChI=1S/C11H8F3NO2S/c12-11(13,14)10-7-4-8-15(10)18(16,17)9-5-2-1-3-6-9/h1-8H. The number of rotatable bonds is 2. The van der Waals surface area contributed by atoms with Crippen LogP contribution in [0.25, 0.3) is 0 Å². The summed E-state index contributed by atoms with van der Waals surface area (Å²) in [5, 5.41) is 0. The van der Waals surface area contributed by atoms with Gasteiger partial charge in [0.15, 0.2) is 0 Å². The van der Waals surface area contributed by atoms with Crippen molar-refractivity contribution < 1.29 is 21.6 Å². The number of hydrogen-bond acceptors (Lipinski definition) is 2. The third-order valence-electron chi connectivity index (χ3n) is 2.30. The second kappa shape index (κ2) is 4.16. The van der Waals surface area contributed by atoms with Crippen LogP contribution in [0.1, 0.15) is 5.69 Å². The fourth-order valence-electron chi connectivity index (χ4n) is 1.50. The normalized spacial score (nSPS) is 12.6. The van der Waals surface area contributed by atoms with Gasteiger partial charge in [-0.2, -0.15) is 13.2 Å². The van der Waals surface area contributed by atoms with Crippen molar-refractivity contribution in [1.29, 1.82) is 0 Å². The van der Waals surface area contributed by atoms with E-state index >= 15 is 0 Å². The lowest BCUT2D eigenvalue weighted by Gasteiger charge is -2.12. The lowest BCUT2D eigenvalue weighted by atomic mass is 10.4. The molecule has 0 fully saturated rings. The predicted octanol–water partition coefficient (Wildman–Crippen LogP) is 2.74. The van der Waals surface area contributed by atoms with Crippen LogP contribution in [0.15, 0.2) is 53.6 Å². The maximum absolute atomic E-state index is 12.6. The molecule has 0 saturated heterocycles. The summed E-state index contributed by atoms with van der Waals surface area (Å²) in [4.78, 5) is -0.188. The predicted molar refractivity (Wildman–Crippen MR) is 58.5 cm³/mol. The molecule has 3 nitrogen and oxygen atoms in total. The summed E-state index contributed by atoms with van der Waals surface area (Å²) in [6, 6.07) is 8.74. The van der Waals surface area contributed by atoms with Crippen molar-refractivity contribution in [1.82, 2.24) is 3.97 Å². The zero-order valence-corrected chi connectivity index (χ0v) is 9.74. The van der Waals surface area contributed by atoms with Gasteiger partial charge in [-0.1, -0.05) is 18.2 Å². The quantitative estimate of drug-likeness (QED) is 0.845. The lowest BCUT2D eigenvalue weighted by Crippen LogP contribution is -2.20. The van der Waals surface area contributed by atoms with Gasteiger partial charge in [0.2, 0.25) is 0 Å². The zero-order chi connectivity index (χ0) is 13.4. The Labute approximate surface area is 102 Å². The molecule has 0 atom stereocenters.